The Hall–Kier alpha value is -5.47. The highest BCUT2D eigenvalue weighted by Gasteiger charge is 2.38. The molecule has 1 heterocycles. The highest BCUT2D eigenvalue weighted by molar-refractivity contribution is 6.23. The van der Waals surface area contributed by atoms with Crippen LogP contribution in [0.1, 0.15) is 125 Å². The number of esters is 1. The van der Waals surface area contributed by atoms with Gasteiger partial charge in [0.1, 0.15) is 17.7 Å². The predicted molar refractivity (Wildman–Crippen MR) is 242 cm³/mol. The smallest absolute Gasteiger partial charge is 0.408 e. The molecule has 1 aliphatic heterocycles. The summed E-state index contributed by atoms with van der Waals surface area (Å²) in [7, 11) is 2.60. The number of rotatable bonds is 24. The van der Waals surface area contributed by atoms with Gasteiger partial charge in [0.2, 0.25) is 40.8 Å². The Morgan fingerprint density at radius 1 is 0.859 bits per heavy atom. The lowest BCUT2D eigenvalue weighted by molar-refractivity contribution is -0.144. The Labute approximate surface area is 379 Å². The number of carbonyl (C=O) groups is 7. The van der Waals surface area contributed by atoms with E-state index in [1.54, 1.807) is 32.6 Å². The van der Waals surface area contributed by atoms with E-state index >= 15 is 0 Å². The molecule has 2 aliphatic rings. The molecule has 0 radical (unpaired) electrons. The first-order valence-electron chi connectivity index (χ1n) is 22.7. The second-order valence-corrected chi connectivity index (χ2v) is 18.2. The summed E-state index contributed by atoms with van der Waals surface area (Å²) in [4.78, 5) is 94.2. The molecule has 3 rings (SSSR count). The van der Waals surface area contributed by atoms with E-state index in [9.17, 15) is 33.6 Å². The van der Waals surface area contributed by atoms with Crippen LogP contribution in [0, 0.1) is 11.8 Å². The molecule has 1 saturated heterocycles. The third-order valence-corrected chi connectivity index (χ3v) is 10.8. The largest absolute Gasteiger partial charge is 0.489 e. The normalized spacial score (nSPS) is 17.1. The molecule has 15 nitrogen and oxygen atoms in total. The molecule has 1 aromatic carbocycles. The monoisotopic (exact) mass is 893 g/mol. The highest BCUT2D eigenvalue weighted by Crippen LogP contribution is 2.29. The Balaban J connectivity index is 1.61. The predicted octanol–water partition coefficient (Wildman–Crippen LogP) is 6.59. The van der Waals surface area contributed by atoms with E-state index in [0.29, 0.717) is 69.9 Å². The Morgan fingerprint density at radius 3 is 2.16 bits per heavy atom. The summed E-state index contributed by atoms with van der Waals surface area (Å²) in [6.45, 7) is 15.2. The molecule has 0 bridgehead atoms. The Morgan fingerprint density at radius 2 is 1.53 bits per heavy atom. The maximum absolute atomic E-state index is 14.4. The standard InChI is InChI=1S/C49H72N4O11/c1-31(2)29-36(51-48(60)64-49(6,7)8)26-25-35(30-34-19-13-11-14-20-34)47(59)53-27-17-23-39(53)46(58)52-38(45(57)50-32(3)4)22-15-12-16-24-40(54)63-28-18-21-37-33(5)41(55)43(61-9)44(62-10)42(37)56/h11,13-14,19-20,25-26,31-32,35-36,38-39H,12,15-18,21-24,27-30H2,1-10H3,(H,50,57)(H,51,60)(H,52,58)/b26-25+/t35-,36-,38+,39+/m1/s1. The minimum absolute atomic E-state index is 0.0671. The maximum Gasteiger partial charge on any atom is 0.408 e. The van der Waals surface area contributed by atoms with Crippen LogP contribution in [0.3, 0.4) is 0 Å². The lowest BCUT2D eigenvalue weighted by Crippen LogP contribution is -2.54. The minimum Gasteiger partial charge on any atom is -0.489 e. The molecule has 15 heteroatoms. The lowest BCUT2D eigenvalue weighted by atomic mass is 9.90. The number of methoxy groups -OCH3 is 2. The van der Waals surface area contributed by atoms with E-state index in [1.807, 2.05) is 56.3 Å². The van der Waals surface area contributed by atoms with Gasteiger partial charge in [-0.1, -0.05) is 69.2 Å². The number of likely N-dealkylation sites (tertiary alicyclic amines) is 1. The van der Waals surface area contributed by atoms with Crippen LogP contribution in [0.4, 0.5) is 4.79 Å². The molecule has 0 unspecified atom stereocenters. The second-order valence-electron chi connectivity index (χ2n) is 18.2. The second kappa shape index (κ2) is 25.7. The zero-order valence-electron chi connectivity index (χ0n) is 39.6. The number of alkyl carbamates (subject to hydrolysis) is 1. The SMILES string of the molecule is COC1=C(OC)C(=O)C(CCCOC(=O)CCCCC[C@H](NC(=O)[C@@H]2CCCN2C(=O)[C@H](/C=C/[C@H](CC(C)C)NC(=O)OC(C)(C)C)Cc2ccccc2)C(=O)NC(C)C)=C(C)C1=O. The average Bonchev–Trinajstić information content (AvgIpc) is 3.72. The van der Waals surface area contributed by atoms with Crippen molar-refractivity contribution in [2.24, 2.45) is 11.8 Å². The summed E-state index contributed by atoms with van der Waals surface area (Å²) in [5.74, 6) is -2.83. The van der Waals surface area contributed by atoms with Crippen LogP contribution in [-0.4, -0.2) is 103 Å². The van der Waals surface area contributed by atoms with Gasteiger partial charge in [0.25, 0.3) is 0 Å². The average molecular weight is 893 g/mol. The number of hydrogen-bond donors (Lipinski definition) is 3. The molecule has 1 aliphatic carbocycles. The topological polar surface area (TPSA) is 196 Å². The number of nitrogens with zero attached hydrogens (tertiary/aromatic N) is 1. The maximum atomic E-state index is 14.4. The molecule has 4 amide bonds. The van der Waals surface area contributed by atoms with Crippen molar-refractivity contribution in [3.05, 3.63) is 70.7 Å². The van der Waals surface area contributed by atoms with Crippen LogP contribution >= 0.6 is 0 Å². The summed E-state index contributed by atoms with van der Waals surface area (Å²) in [6.07, 6.45) is 7.88. The summed E-state index contributed by atoms with van der Waals surface area (Å²) in [5.41, 5.74) is 0.852. The van der Waals surface area contributed by atoms with Crippen LogP contribution < -0.4 is 16.0 Å². The molecule has 354 valence electrons. The van der Waals surface area contributed by atoms with Crippen molar-refractivity contribution in [1.82, 2.24) is 20.9 Å². The molecule has 64 heavy (non-hydrogen) atoms. The van der Waals surface area contributed by atoms with Crippen LogP contribution in [0.2, 0.25) is 0 Å². The van der Waals surface area contributed by atoms with Gasteiger partial charge in [-0.3, -0.25) is 28.8 Å². The number of nitrogens with one attached hydrogen (secondary N) is 3. The summed E-state index contributed by atoms with van der Waals surface area (Å²) < 4.78 is 21.1. The fourth-order valence-corrected chi connectivity index (χ4v) is 7.76. The van der Waals surface area contributed by atoms with E-state index < -0.39 is 53.1 Å². The first-order valence-corrected chi connectivity index (χ1v) is 22.7. The van der Waals surface area contributed by atoms with Crippen molar-refractivity contribution < 1.29 is 52.5 Å². The van der Waals surface area contributed by atoms with Crippen LogP contribution in [0.15, 0.2) is 65.1 Å². The zero-order chi connectivity index (χ0) is 47.6. The summed E-state index contributed by atoms with van der Waals surface area (Å²) >= 11 is 0. The molecule has 1 aromatic rings. The number of allylic oxidation sites excluding steroid dienone is 2. The molecular weight excluding hydrogens is 821 g/mol. The molecule has 4 atom stereocenters. The lowest BCUT2D eigenvalue weighted by Gasteiger charge is -2.29. The summed E-state index contributed by atoms with van der Waals surface area (Å²) in [5, 5.41) is 8.79. The summed E-state index contributed by atoms with van der Waals surface area (Å²) in [6, 6.07) is 7.46. The molecule has 0 saturated carbocycles. The number of Topliss-reactive ketones (excluding diaryl/α,β-unsaturated/α-hetero) is 2. The van der Waals surface area contributed by atoms with Crippen LogP contribution in [-0.2, 0) is 54.1 Å². The van der Waals surface area contributed by atoms with Crippen LogP contribution in [0.5, 0.6) is 0 Å². The van der Waals surface area contributed by atoms with E-state index in [4.69, 9.17) is 18.9 Å². The number of amides is 4. The first-order chi connectivity index (χ1) is 30.3. The van der Waals surface area contributed by atoms with Gasteiger partial charge in [-0.2, -0.15) is 0 Å². The molecule has 0 aromatic heterocycles. The van der Waals surface area contributed by atoms with Gasteiger partial charge in [-0.15, -0.1) is 0 Å². The zero-order valence-corrected chi connectivity index (χ0v) is 39.6. The number of ether oxygens (including phenoxy) is 4. The molecule has 3 N–H and O–H groups in total. The van der Waals surface area contributed by atoms with Gasteiger partial charge in [-0.05, 0) is 104 Å². The van der Waals surface area contributed by atoms with Crippen molar-refractivity contribution in [3.63, 3.8) is 0 Å². The highest BCUT2D eigenvalue weighted by atomic mass is 16.6. The van der Waals surface area contributed by atoms with Gasteiger partial charge < -0.3 is 39.8 Å². The molecule has 0 spiro atoms. The van der Waals surface area contributed by atoms with Crippen molar-refractivity contribution in [2.75, 3.05) is 27.4 Å². The van der Waals surface area contributed by atoms with E-state index in [2.05, 4.69) is 29.8 Å². The number of unbranched alkanes of at least 4 members (excludes halogenated alkanes) is 2. The minimum atomic E-state index is -0.851. The van der Waals surface area contributed by atoms with E-state index in [-0.39, 0.29) is 66.4 Å². The number of benzene rings is 1. The van der Waals surface area contributed by atoms with E-state index in [0.717, 1.165) is 5.56 Å². The van der Waals surface area contributed by atoms with Crippen LogP contribution in [0.25, 0.3) is 0 Å². The molecular formula is C49H72N4O11. The first kappa shape index (κ1) is 52.9. The van der Waals surface area contributed by atoms with Gasteiger partial charge in [0.05, 0.1) is 32.8 Å². The number of ketones is 2. The van der Waals surface area contributed by atoms with Crippen molar-refractivity contribution in [1.29, 1.82) is 0 Å². The third-order valence-electron chi connectivity index (χ3n) is 10.8. The third kappa shape index (κ3) is 16.9. The number of carbonyl (C=O) groups excluding carboxylic acids is 7. The van der Waals surface area contributed by atoms with Gasteiger partial charge >= 0.3 is 12.1 Å². The van der Waals surface area contributed by atoms with Gasteiger partial charge in [0, 0.05) is 30.2 Å². The Bertz CT molecular complexity index is 1880. The Kier molecular flexibility index (Phi) is 21.3. The number of hydrogen-bond acceptors (Lipinski definition) is 11. The fraction of sp³-hybridized carbons (Fsp3) is 0.612. The van der Waals surface area contributed by atoms with Crippen molar-refractivity contribution in [2.45, 2.75) is 156 Å². The van der Waals surface area contributed by atoms with Gasteiger partial charge in [0.15, 0.2) is 0 Å². The van der Waals surface area contributed by atoms with Crippen molar-refractivity contribution >= 4 is 41.4 Å². The van der Waals surface area contributed by atoms with E-state index in [1.165, 1.54) is 14.2 Å². The quantitative estimate of drug-likeness (QED) is 0.0439. The van der Waals surface area contributed by atoms with Gasteiger partial charge in [-0.25, -0.2) is 4.79 Å². The molecule has 1 fully saturated rings. The fourth-order valence-electron chi connectivity index (χ4n) is 7.76. The van der Waals surface area contributed by atoms with Crippen molar-refractivity contribution in [3.8, 4) is 0 Å².